The number of benzene rings is 3. The number of hydrogen-bond acceptors (Lipinski definition) is 7. The monoisotopic (exact) mass is 912 g/mol. The van der Waals surface area contributed by atoms with Crippen LogP contribution in [0, 0.1) is 11.3 Å². The second-order valence-electron chi connectivity index (χ2n) is 17.9. The zero-order valence-electron chi connectivity index (χ0n) is 39.8. The minimum absolute atomic E-state index is 0.0269. The van der Waals surface area contributed by atoms with E-state index in [-0.39, 0.29) is 17.1 Å². The van der Waals surface area contributed by atoms with E-state index in [0.29, 0.717) is 0 Å². The maximum absolute atomic E-state index is 11.9. The molecule has 0 saturated carbocycles. The molecule has 3 aromatic carbocycles. The molecule has 0 saturated heterocycles. The lowest BCUT2D eigenvalue weighted by Gasteiger charge is -2.31. The first-order valence-corrected chi connectivity index (χ1v) is 26.4. The quantitative estimate of drug-likeness (QED) is 0.0292. The van der Waals surface area contributed by atoms with Crippen LogP contribution in [-0.4, -0.2) is 24.3 Å². The van der Waals surface area contributed by atoms with Crippen molar-refractivity contribution < 1.29 is 19.4 Å². The van der Waals surface area contributed by atoms with Crippen molar-refractivity contribution in [3.63, 3.8) is 0 Å². The average Bonchev–Trinajstić information content (AvgIpc) is 4.01. The summed E-state index contributed by atoms with van der Waals surface area (Å²) in [4.78, 5) is 18.9. The molecule has 8 heteroatoms. The highest BCUT2D eigenvalue weighted by Gasteiger charge is 2.45. The van der Waals surface area contributed by atoms with E-state index in [9.17, 15) is 15.2 Å². The first-order valence-electron chi connectivity index (χ1n) is 24.8. The fourth-order valence-electron chi connectivity index (χ4n) is 9.27. The van der Waals surface area contributed by atoms with Gasteiger partial charge in [-0.2, -0.15) is 5.26 Å². The summed E-state index contributed by atoms with van der Waals surface area (Å²) in [6, 6.07) is 32.9. The molecule has 0 aliphatic heterocycles. The summed E-state index contributed by atoms with van der Waals surface area (Å²) < 4.78 is 12.4. The van der Waals surface area contributed by atoms with Gasteiger partial charge in [0.05, 0.1) is 12.7 Å². The number of fused-ring (bicyclic) bond motifs is 3. The van der Waals surface area contributed by atoms with E-state index in [1.165, 1.54) is 114 Å². The number of nitrogens with zero attached hydrogens (tertiary/aromatic N) is 2. The summed E-state index contributed by atoms with van der Waals surface area (Å²) in [5.41, 5.74) is 7.97. The fourth-order valence-corrected chi connectivity index (χ4v) is 11.9. The van der Waals surface area contributed by atoms with Crippen molar-refractivity contribution in [1.29, 1.82) is 5.26 Å². The lowest BCUT2D eigenvalue weighted by atomic mass is 9.71. The van der Waals surface area contributed by atoms with Crippen LogP contribution < -0.4 is 9.64 Å². The number of rotatable bonds is 29. The lowest BCUT2D eigenvalue weighted by Crippen LogP contribution is -2.25. The summed E-state index contributed by atoms with van der Waals surface area (Å²) in [6.07, 6.45) is 22.7. The van der Waals surface area contributed by atoms with Crippen LogP contribution in [0.5, 0.6) is 5.75 Å². The summed E-state index contributed by atoms with van der Waals surface area (Å²) >= 11 is 3.49. The molecule has 0 amide bonds. The smallest absolute Gasteiger partial charge is 0.346 e. The van der Waals surface area contributed by atoms with Crippen LogP contribution >= 0.6 is 22.7 Å². The van der Waals surface area contributed by atoms with Gasteiger partial charge in [-0.15, -0.1) is 22.7 Å². The Bertz CT molecular complexity index is 2290. The highest BCUT2D eigenvalue weighted by atomic mass is 32.1. The number of ether oxygens (including phenoxy) is 2. The molecule has 1 atom stereocenters. The van der Waals surface area contributed by atoms with Gasteiger partial charge >= 0.3 is 5.97 Å². The van der Waals surface area contributed by atoms with Crippen molar-refractivity contribution >= 4 is 51.8 Å². The van der Waals surface area contributed by atoms with Gasteiger partial charge < -0.3 is 19.5 Å². The minimum atomic E-state index is -1.18. The molecule has 1 aliphatic carbocycles. The van der Waals surface area contributed by atoms with E-state index in [4.69, 9.17) is 9.47 Å². The third-order valence-electron chi connectivity index (χ3n) is 13.0. The van der Waals surface area contributed by atoms with Crippen molar-refractivity contribution in [2.75, 3.05) is 18.1 Å². The van der Waals surface area contributed by atoms with Gasteiger partial charge in [0.15, 0.2) is 0 Å². The Balaban J connectivity index is 1.34. The van der Waals surface area contributed by atoms with Crippen LogP contribution in [0.3, 0.4) is 0 Å². The highest BCUT2D eigenvalue weighted by Crippen LogP contribution is 2.61. The van der Waals surface area contributed by atoms with Gasteiger partial charge in [-0.1, -0.05) is 142 Å². The SMILES string of the molecule is CCCCCCOc1ccc(N(c2ccc(-c3cc4c(s3)-c3sc(C=C(C#N)C(=O)O)cc3C4(CCCCCC)CCCCCC)cc2)c2ccc(C(C)OCCCCCC)cc2)cc1. The maximum Gasteiger partial charge on any atom is 0.346 e. The first kappa shape index (κ1) is 49.7. The fraction of sp³-hybridized carbons (Fsp3) is 0.474. The Hall–Kier alpha value is -4.68. The minimum Gasteiger partial charge on any atom is -0.494 e. The molecule has 1 N–H and O–H groups in total. The second kappa shape index (κ2) is 25.3. The van der Waals surface area contributed by atoms with Gasteiger partial charge in [0.25, 0.3) is 0 Å². The van der Waals surface area contributed by atoms with E-state index in [0.717, 1.165) is 79.4 Å². The molecule has 0 bridgehead atoms. The van der Waals surface area contributed by atoms with Crippen LogP contribution in [0.1, 0.15) is 178 Å². The van der Waals surface area contributed by atoms with Gasteiger partial charge in [0.2, 0.25) is 0 Å². The Morgan fingerprint density at radius 1 is 0.677 bits per heavy atom. The zero-order chi connectivity index (χ0) is 46.0. The van der Waals surface area contributed by atoms with Crippen LogP contribution in [0.2, 0.25) is 0 Å². The third-order valence-corrected chi connectivity index (χ3v) is 15.5. The molecule has 2 heterocycles. The molecule has 2 aromatic heterocycles. The second-order valence-corrected chi connectivity index (χ2v) is 20.0. The Kier molecular flexibility index (Phi) is 19.4. The van der Waals surface area contributed by atoms with Crippen molar-refractivity contribution in [1.82, 2.24) is 0 Å². The Labute approximate surface area is 398 Å². The number of carboxylic acid groups (broad SMARTS) is 1. The standard InChI is InChI=1S/C57H72N2O4S2/c1-6-10-14-18-34-57(35-19-15-11-7-2)51-39-50(38-45(41-58)56(60)61)64-54(51)55-52(57)40-53(65-55)44-24-28-47(29-25-44)59(48-30-32-49(33-31-48)63-37-21-17-13-9-4)46-26-22-43(23-27-46)42(5)62-36-20-16-12-8-3/h22-33,38-40,42H,6-21,34-37H2,1-5H3,(H,60,61). The van der Waals surface area contributed by atoms with Crippen LogP contribution in [0.15, 0.2) is 90.5 Å². The van der Waals surface area contributed by atoms with E-state index in [2.05, 4.69) is 124 Å². The average molecular weight is 913 g/mol. The molecule has 5 aromatic rings. The van der Waals surface area contributed by atoms with Gasteiger partial charge in [0, 0.05) is 48.6 Å². The molecular weight excluding hydrogens is 841 g/mol. The Morgan fingerprint density at radius 2 is 1.18 bits per heavy atom. The third kappa shape index (κ3) is 12.8. The number of carboxylic acids is 1. The summed E-state index contributed by atoms with van der Waals surface area (Å²) in [5.74, 6) is -0.292. The number of unbranched alkanes of at least 4 members (excludes halogenated alkanes) is 12. The summed E-state index contributed by atoms with van der Waals surface area (Å²) in [7, 11) is 0. The number of nitriles is 1. The molecule has 0 radical (unpaired) electrons. The van der Waals surface area contributed by atoms with Gasteiger partial charge in [-0.3, -0.25) is 0 Å². The molecular formula is C57H72N2O4S2. The Morgan fingerprint density at radius 3 is 1.74 bits per heavy atom. The normalized spacial score (nSPS) is 13.3. The number of anilines is 3. The van der Waals surface area contributed by atoms with Crippen molar-refractivity contribution in [2.45, 2.75) is 162 Å². The van der Waals surface area contributed by atoms with Crippen molar-refractivity contribution in [2.24, 2.45) is 0 Å². The topological polar surface area (TPSA) is 82.8 Å². The van der Waals surface area contributed by atoms with E-state index in [1.54, 1.807) is 17.4 Å². The zero-order valence-corrected chi connectivity index (χ0v) is 41.4. The lowest BCUT2D eigenvalue weighted by molar-refractivity contribution is -0.132. The van der Waals surface area contributed by atoms with E-state index < -0.39 is 5.97 Å². The van der Waals surface area contributed by atoms with Crippen molar-refractivity contribution in [3.8, 4) is 32.0 Å². The van der Waals surface area contributed by atoms with E-state index in [1.807, 2.05) is 17.4 Å². The highest BCUT2D eigenvalue weighted by molar-refractivity contribution is 7.24. The predicted octanol–water partition coefficient (Wildman–Crippen LogP) is 17.8. The first-order chi connectivity index (χ1) is 31.8. The van der Waals surface area contributed by atoms with Gasteiger partial charge in [-0.25, -0.2) is 4.79 Å². The molecule has 346 valence electrons. The van der Waals surface area contributed by atoms with Crippen LogP contribution in [0.25, 0.3) is 26.3 Å². The molecule has 1 unspecified atom stereocenters. The number of carbonyl (C=O) groups is 1. The molecule has 0 spiro atoms. The molecule has 1 aliphatic rings. The van der Waals surface area contributed by atoms with Crippen molar-refractivity contribution in [3.05, 3.63) is 112 Å². The van der Waals surface area contributed by atoms with Gasteiger partial charge in [0.1, 0.15) is 17.4 Å². The molecule has 65 heavy (non-hydrogen) atoms. The number of thiophene rings is 2. The molecule has 6 nitrogen and oxygen atoms in total. The van der Waals surface area contributed by atoms with Gasteiger partial charge in [-0.05, 0) is 122 Å². The number of aliphatic carboxylic acids is 1. The molecule has 6 rings (SSSR count). The maximum atomic E-state index is 11.9. The van der Waals surface area contributed by atoms with E-state index >= 15 is 0 Å². The summed E-state index contributed by atoms with van der Waals surface area (Å²) in [5, 5.41) is 19.4. The predicted molar refractivity (Wildman–Crippen MR) is 275 cm³/mol. The number of hydrogen-bond donors (Lipinski definition) is 1. The van der Waals surface area contributed by atoms with Crippen LogP contribution in [-0.2, 0) is 14.9 Å². The largest absolute Gasteiger partial charge is 0.494 e. The molecule has 0 fully saturated rings. The summed E-state index contributed by atoms with van der Waals surface area (Å²) in [6.45, 7) is 12.7. The van der Waals surface area contributed by atoms with Crippen LogP contribution in [0.4, 0.5) is 17.1 Å².